The fourth-order valence-corrected chi connectivity index (χ4v) is 2.80. The van der Waals surface area contributed by atoms with Gasteiger partial charge in [0.25, 0.3) is 0 Å². The fourth-order valence-electron chi connectivity index (χ4n) is 2.80. The maximum Gasteiger partial charge on any atom is 0.238 e. The van der Waals surface area contributed by atoms with Crippen molar-refractivity contribution in [2.24, 2.45) is 0 Å². The lowest BCUT2D eigenvalue weighted by molar-refractivity contribution is 0.135. The number of rotatable bonds is 3. The van der Waals surface area contributed by atoms with Gasteiger partial charge in [-0.25, -0.2) is 4.98 Å². The molecule has 4 nitrogen and oxygen atoms in total. The van der Waals surface area contributed by atoms with E-state index in [4.69, 9.17) is 4.74 Å². The van der Waals surface area contributed by atoms with Gasteiger partial charge < -0.3 is 9.84 Å². The average Bonchev–Trinajstić information content (AvgIpc) is 2.90. The lowest BCUT2D eigenvalue weighted by Gasteiger charge is -2.19. The molecule has 2 aromatic rings. The van der Waals surface area contributed by atoms with E-state index in [0.29, 0.717) is 11.6 Å². The first kappa shape index (κ1) is 12.1. The Morgan fingerprint density at radius 3 is 2.89 bits per heavy atom. The molecule has 1 aliphatic rings. The molecule has 0 radical (unpaired) electrons. The first-order chi connectivity index (χ1) is 9.31. The Bertz CT molecular complexity index is 586. The van der Waals surface area contributed by atoms with Crippen molar-refractivity contribution in [1.29, 1.82) is 0 Å². The quantitative estimate of drug-likeness (QED) is 0.915. The number of aromatic nitrogens is 2. The number of benzene rings is 1. The predicted octanol–water partition coefficient (Wildman–Crippen LogP) is 2.25. The second-order valence-corrected chi connectivity index (χ2v) is 4.74. The van der Waals surface area contributed by atoms with Crippen molar-refractivity contribution in [2.75, 3.05) is 7.11 Å². The SMILES string of the molecule is COc1nccnc1C(O)C1CCc2ccccc21. The Balaban J connectivity index is 1.95. The molecule has 1 heterocycles. The third-order valence-electron chi connectivity index (χ3n) is 3.73. The van der Waals surface area contributed by atoms with Gasteiger partial charge in [0.1, 0.15) is 11.8 Å². The van der Waals surface area contributed by atoms with Crippen LogP contribution in [0.5, 0.6) is 5.88 Å². The summed E-state index contributed by atoms with van der Waals surface area (Å²) in [4.78, 5) is 8.33. The summed E-state index contributed by atoms with van der Waals surface area (Å²) < 4.78 is 5.18. The molecule has 4 heteroatoms. The Kier molecular flexibility index (Phi) is 3.17. The Hall–Kier alpha value is -1.94. The molecule has 2 unspecified atom stereocenters. The van der Waals surface area contributed by atoms with Crippen molar-refractivity contribution in [3.05, 3.63) is 53.5 Å². The molecule has 0 aliphatic heterocycles. The van der Waals surface area contributed by atoms with Gasteiger partial charge in [0.2, 0.25) is 5.88 Å². The van der Waals surface area contributed by atoms with E-state index in [1.807, 2.05) is 12.1 Å². The summed E-state index contributed by atoms with van der Waals surface area (Å²) in [7, 11) is 1.54. The van der Waals surface area contributed by atoms with Crippen LogP contribution in [0, 0.1) is 0 Å². The van der Waals surface area contributed by atoms with E-state index in [-0.39, 0.29) is 5.92 Å². The fraction of sp³-hybridized carbons (Fsp3) is 0.333. The van der Waals surface area contributed by atoms with E-state index in [0.717, 1.165) is 12.8 Å². The molecule has 0 saturated carbocycles. The molecule has 1 N–H and O–H groups in total. The van der Waals surface area contributed by atoms with Crippen LogP contribution in [0.1, 0.15) is 35.3 Å². The third kappa shape index (κ3) is 2.08. The van der Waals surface area contributed by atoms with Crippen LogP contribution in [0.4, 0.5) is 0 Å². The van der Waals surface area contributed by atoms with Crippen molar-refractivity contribution in [1.82, 2.24) is 9.97 Å². The summed E-state index contributed by atoms with van der Waals surface area (Å²) in [6, 6.07) is 8.25. The summed E-state index contributed by atoms with van der Waals surface area (Å²) in [6.07, 6.45) is 4.41. The topological polar surface area (TPSA) is 55.2 Å². The standard InChI is InChI=1S/C15H16N2O2/c1-19-15-13(16-8-9-17-15)14(18)12-7-6-10-4-2-3-5-11(10)12/h2-5,8-9,12,14,18H,6-7H2,1H3. The maximum absolute atomic E-state index is 10.6. The van der Waals surface area contributed by atoms with Gasteiger partial charge in [-0.2, -0.15) is 0 Å². The zero-order chi connectivity index (χ0) is 13.2. The molecule has 3 rings (SSSR count). The minimum absolute atomic E-state index is 0.0711. The van der Waals surface area contributed by atoms with Gasteiger partial charge in [0.15, 0.2) is 0 Å². The van der Waals surface area contributed by atoms with Crippen LogP contribution in [0.15, 0.2) is 36.7 Å². The van der Waals surface area contributed by atoms with Gasteiger partial charge in [0.05, 0.1) is 7.11 Å². The molecule has 1 aromatic heterocycles. The van der Waals surface area contributed by atoms with E-state index in [1.165, 1.54) is 11.1 Å². The molecule has 1 aromatic carbocycles. The van der Waals surface area contributed by atoms with Crippen LogP contribution < -0.4 is 4.74 Å². The third-order valence-corrected chi connectivity index (χ3v) is 3.73. The maximum atomic E-state index is 10.6. The lowest BCUT2D eigenvalue weighted by atomic mass is 9.93. The highest BCUT2D eigenvalue weighted by Gasteiger charge is 2.32. The van der Waals surface area contributed by atoms with E-state index < -0.39 is 6.10 Å². The van der Waals surface area contributed by atoms with Crippen molar-refractivity contribution in [3.8, 4) is 5.88 Å². The number of ether oxygens (including phenoxy) is 1. The number of methoxy groups -OCH3 is 1. The molecule has 0 fully saturated rings. The molecule has 0 saturated heterocycles. The molecular weight excluding hydrogens is 240 g/mol. The Morgan fingerprint density at radius 2 is 2.05 bits per heavy atom. The second-order valence-electron chi connectivity index (χ2n) is 4.74. The highest BCUT2D eigenvalue weighted by atomic mass is 16.5. The average molecular weight is 256 g/mol. The summed E-state index contributed by atoms with van der Waals surface area (Å²) in [5.41, 5.74) is 3.05. The van der Waals surface area contributed by atoms with Crippen LogP contribution in [-0.2, 0) is 6.42 Å². The minimum atomic E-state index is -0.674. The molecule has 0 bridgehead atoms. The smallest absolute Gasteiger partial charge is 0.238 e. The largest absolute Gasteiger partial charge is 0.480 e. The van der Waals surface area contributed by atoms with Gasteiger partial charge in [-0.15, -0.1) is 0 Å². The van der Waals surface area contributed by atoms with Crippen LogP contribution in [0.25, 0.3) is 0 Å². The predicted molar refractivity (Wildman–Crippen MR) is 71.0 cm³/mol. The minimum Gasteiger partial charge on any atom is -0.480 e. The van der Waals surface area contributed by atoms with E-state index in [9.17, 15) is 5.11 Å². The number of aryl methyl sites for hydroxylation is 1. The first-order valence-corrected chi connectivity index (χ1v) is 6.42. The number of aliphatic hydroxyl groups excluding tert-OH is 1. The highest BCUT2D eigenvalue weighted by Crippen LogP contribution is 2.42. The van der Waals surface area contributed by atoms with Crippen LogP contribution in [0.3, 0.4) is 0 Å². The number of aliphatic hydroxyl groups is 1. The summed E-state index contributed by atoms with van der Waals surface area (Å²) in [6.45, 7) is 0. The van der Waals surface area contributed by atoms with Crippen LogP contribution in [0.2, 0.25) is 0 Å². The molecular formula is C15H16N2O2. The van der Waals surface area contributed by atoms with Crippen LogP contribution in [-0.4, -0.2) is 22.2 Å². The molecule has 0 spiro atoms. The zero-order valence-electron chi connectivity index (χ0n) is 10.8. The normalized spacial score (nSPS) is 18.9. The van der Waals surface area contributed by atoms with E-state index >= 15 is 0 Å². The molecule has 2 atom stereocenters. The lowest BCUT2D eigenvalue weighted by Crippen LogP contribution is -2.12. The first-order valence-electron chi connectivity index (χ1n) is 6.42. The van der Waals surface area contributed by atoms with Crippen molar-refractivity contribution in [3.63, 3.8) is 0 Å². The van der Waals surface area contributed by atoms with Gasteiger partial charge in [0, 0.05) is 18.3 Å². The van der Waals surface area contributed by atoms with Gasteiger partial charge in [-0.1, -0.05) is 24.3 Å². The number of fused-ring (bicyclic) bond motifs is 1. The molecule has 0 amide bonds. The van der Waals surface area contributed by atoms with Gasteiger partial charge in [-0.05, 0) is 24.0 Å². The summed E-state index contributed by atoms with van der Waals surface area (Å²) in [5, 5.41) is 10.6. The Labute approximate surface area is 112 Å². The number of hydrogen-bond donors (Lipinski definition) is 1. The van der Waals surface area contributed by atoms with Crippen molar-refractivity contribution < 1.29 is 9.84 Å². The van der Waals surface area contributed by atoms with Gasteiger partial charge in [-0.3, -0.25) is 4.98 Å². The molecule has 19 heavy (non-hydrogen) atoms. The van der Waals surface area contributed by atoms with Crippen molar-refractivity contribution in [2.45, 2.75) is 24.9 Å². The van der Waals surface area contributed by atoms with E-state index in [2.05, 4.69) is 22.1 Å². The van der Waals surface area contributed by atoms with E-state index in [1.54, 1.807) is 19.5 Å². The van der Waals surface area contributed by atoms with Crippen molar-refractivity contribution >= 4 is 0 Å². The second kappa shape index (κ2) is 4.97. The molecule has 1 aliphatic carbocycles. The summed E-state index contributed by atoms with van der Waals surface area (Å²) >= 11 is 0. The Morgan fingerprint density at radius 1 is 1.26 bits per heavy atom. The highest BCUT2D eigenvalue weighted by molar-refractivity contribution is 5.37. The van der Waals surface area contributed by atoms with Gasteiger partial charge >= 0.3 is 0 Å². The molecule has 98 valence electrons. The number of nitrogens with zero attached hydrogens (tertiary/aromatic N) is 2. The number of hydrogen-bond acceptors (Lipinski definition) is 4. The monoisotopic (exact) mass is 256 g/mol. The van der Waals surface area contributed by atoms with Crippen LogP contribution >= 0.6 is 0 Å². The zero-order valence-corrected chi connectivity index (χ0v) is 10.8. The summed E-state index contributed by atoms with van der Waals surface area (Å²) in [5.74, 6) is 0.473.